The van der Waals surface area contributed by atoms with Crippen LogP contribution in [-0.2, 0) is 13.0 Å². The Kier molecular flexibility index (Phi) is 2.62. The molecule has 1 aromatic rings. The summed E-state index contributed by atoms with van der Waals surface area (Å²) in [6.07, 6.45) is 0.00573. The lowest BCUT2D eigenvalue weighted by atomic mass is 10.2. The molecule has 15 heavy (non-hydrogen) atoms. The van der Waals surface area contributed by atoms with E-state index in [2.05, 4.69) is 9.88 Å². The normalized spacial score (nSPS) is 16.1. The minimum absolute atomic E-state index is 0.572. The van der Waals surface area contributed by atoms with Gasteiger partial charge in [-0.15, -0.1) is 11.3 Å². The van der Waals surface area contributed by atoms with E-state index < -0.39 is 6.09 Å². The monoisotopic (exact) mass is 227 g/mol. The van der Waals surface area contributed by atoms with Gasteiger partial charge in [0.05, 0.1) is 5.69 Å². The second-order valence-electron chi connectivity index (χ2n) is 3.70. The zero-order valence-electron chi connectivity index (χ0n) is 8.73. The van der Waals surface area contributed by atoms with Crippen molar-refractivity contribution in [3.05, 3.63) is 10.6 Å². The average molecular weight is 227 g/mol. The number of rotatable bonds is 1. The number of hydrogen-bond acceptors (Lipinski definition) is 4. The molecule has 82 valence electrons. The minimum Gasteiger partial charge on any atom is -0.465 e. The van der Waals surface area contributed by atoms with E-state index in [1.807, 2.05) is 7.05 Å². The zero-order chi connectivity index (χ0) is 11.0. The fraction of sp³-hybridized carbons (Fsp3) is 0.556. The predicted octanol–water partition coefficient (Wildman–Crippen LogP) is 1.25. The van der Waals surface area contributed by atoms with E-state index in [0.29, 0.717) is 5.13 Å². The van der Waals surface area contributed by atoms with Crippen molar-refractivity contribution in [1.29, 1.82) is 0 Å². The molecule has 1 N–H and O–H groups in total. The molecule has 1 aromatic heterocycles. The Bertz CT molecular complexity index is 391. The first-order chi connectivity index (χ1) is 7.08. The average Bonchev–Trinajstić information content (AvgIpc) is 2.58. The highest BCUT2D eigenvalue weighted by atomic mass is 32.1. The third-order valence-corrected chi connectivity index (χ3v) is 3.71. The number of carboxylic acid groups (broad SMARTS) is 1. The molecule has 0 bridgehead atoms. The second kappa shape index (κ2) is 3.79. The summed E-state index contributed by atoms with van der Waals surface area (Å²) in [6.45, 7) is 1.84. The van der Waals surface area contributed by atoms with Crippen LogP contribution in [0.25, 0.3) is 0 Å². The Balaban J connectivity index is 2.26. The Labute approximate surface area is 92.0 Å². The van der Waals surface area contributed by atoms with Crippen molar-refractivity contribution in [2.24, 2.45) is 0 Å². The van der Waals surface area contributed by atoms with Gasteiger partial charge in [-0.25, -0.2) is 9.78 Å². The van der Waals surface area contributed by atoms with E-state index >= 15 is 0 Å². The number of amides is 1. The molecule has 5 nitrogen and oxygen atoms in total. The van der Waals surface area contributed by atoms with Crippen LogP contribution in [0.2, 0.25) is 0 Å². The van der Waals surface area contributed by atoms with E-state index in [1.165, 1.54) is 28.2 Å². The molecule has 1 aliphatic rings. The fourth-order valence-electron chi connectivity index (χ4n) is 1.54. The number of nitrogens with zero attached hydrogens (tertiary/aromatic N) is 3. The molecule has 2 rings (SSSR count). The van der Waals surface area contributed by atoms with Crippen LogP contribution in [-0.4, -0.2) is 41.7 Å². The lowest BCUT2D eigenvalue weighted by Gasteiger charge is -2.20. The van der Waals surface area contributed by atoms with E-state index in [4.69, 9.17) is 5.11 Å². The highest BCUT2D eigenvalue weighted by molar-refractivity contribution is 7.15. The predicted molar refractivity (Wildman–Crippen MR) is 58.6 cm³/mol. The van der Waals surface area contributed by atoms with Gasteiger partial charge in [0.15, 0.2) is 5.13 Å². The van der Waals surface area contributed by atoms with Crippen molar-refractivity contribution in [1.82, 2.24) is 9.88 Å². The fourth-order valence-corrected chi connectivity index (χ4v) is 2.55. The second-order valence-corrected chi connectivity index (χ2v) is 4.76. The smallest absolute Gasteiger partial charge is 0.413 e. The van der Waals surface area contributed by atoms with Crippen molar-refractivity contribution in [2.75, 3.05) is 25.5 Å². The van der Waals surface area contributed by atoms with Crippen molar-refractivity contribution < 1.29 is 9.90 Å². The molecular weight excluding hydrogens is 214 g/mol. The van der Waals surface area contributed by atoms with Gasteiger partial charge < -0.3 is 10.0 Å². The molecule has 0 aromatic carbocycles. The topological polar surface area (TPSA) is 56.7 Å². The summed E-state index contributed by atoms with van der Waals surface area (Å²) in [5.41, 5.74) is 1.02. The first-order valence-corrected chi connectivity index (χ1v) is 5.53. The van der Waals surface area contributed by atoms with Gasteiger partial charge in [0.1, 0.15) is 0 Å². The van der Waals surface area contributed by atoms with Crippen molar-refractivity contribution in [3.8, 4) is 0 Å². The molecule has 0 aliphatic carbocycles. The number of anilines is 1. The Morgan fingerprint density at radius 1 is 1.67 bits per heavy atom. The molecule has 1 amide bonds. The molecule has 0 unspecified atom stereocenters. The van der Waals surface area contributed by atoms with Crippen LogP contribution in [0.5, 0.6) is 0 Å². The molecule has 0 saturated carbocycles. The number of aromatic nitrogens is 1. The molecular formula is C9H13N3O2S. The van der Waals surface area contributed by atoms with E-state index in [-0.39, 0.29) is 0 Å². The first kappa shape index (κ1) is 10.4. The quantitative estimate of drug-likeness (QED) is 0.784. The third kappa shape index (κ3) is 1.95. The van der Waals surface area contributed by atoms with Crippen LogP contribution < -0.4 is 4.90 Å². The first-order valence-electron chi connectivity index (χ1n) is 4.71. The van der Waals surface area contributed by atoms with Crippen molar-refractivity contribution in [3.63, 3.8) is 0 Å². The molecule has 0 atom stereocenters. The largest absolute Gasteiger partial charge is 0.465 e. The zero-order valence-corrected chi connectivity index (χ0v) is 9.54. The molecule has 0 radical (unpaired) electrons. The Hall–Kier alpha value is -1.14. The standard InChI is InChI=1S/C9H13N3O2S/c1-11-4-3-7-6(5-11)10-8(15-7)12(2)9(13)14/h3-5H2,1-2H3,(H,13,14). The highest BCUT2D eigenvalue weighted by Gasteiger charge is 2.21. The summed E-state index contributed by atoms with van der Waals surface area (Å²) in [5, 5.41) is 9.40. The minimum atomic E-state index is -0.963. The molecule has 0 saturated heterocycles. The van der Waals surface area contributed by atoms with Crippen LogP contribution in [0.15, 0.2) is 0 Å². The van der Waals surface area contributed by atoms with Gasteiger partial charge in [-0.05, 0) is 13.5 Å². The van der Waals surface area contributed by atoms with Crippen LogP contribution in [0.3, 0.4) is 0 Å². The molecule has 2 heterocycles. The molecule has 6 heteroatoms. The lowest BCUT2D eigenvalue weighted by molar-refractivity contribution is 0.203. The van der Waals surface area contributed by atoms with Crippen molar-refractivity contribution in [2.45, 2.75) is 13.0 Å². The maximum absolute atomic E-state index is 10.8. The number of likely N-dealkylation sites (N-methyl/N-ethyl adjacent to an activating group) is 1. The maximum Gasteiger partial charge on any atom is 0.413 e. The van der Waals surface area contributed by atoms with E-state index in [0.717, 1.165) is 25.2 Å². The highest BCUT2D eigenvalue weighted by Crippen LogP contribution is 2.29. The summed E-state index contributed by atoms with van der Waals surface area (Å²) in [4.78, 5) is 19.7. The number of thiazole rings is 1. The summed E-state index contributed by atoms with van der Waals surface area (Å²) in [5.74, 6) is 0. The van der Waals surface area contributed by atoms with Gasteiger partial charge >= 0.3 is 6.09 Å². The van der Waals surface area contributed by atoms with Gasteiger partial charge in [-0.1, -0.05) is 0 Å². The number of hydrogen-bond donors (Lipinski definition) is 1. The number of carbonyl (C=O) groups is 1. The van der Waals surface area contributed by atoms with Gasteiger partial charge in [0.2, 0.25) is 0 Å². The maximum atomic E-state index is 10.8. The van der Waals surface area contributed by atoms with Crippen LogP contribution in [0.1, 0.15) is 10.6 Å². The summed E-state index contributed by atoms with van der Waals surface area (Å²) < 4.78 is 0. The molecule has 0 spiro atoms. The summed E-state index contributed by atoms with van der Waals surface area (Å²) >= 11 is 1.48. The van der Waals surface area contributed by atoms with Crippen LogP contribution in [0.4, 0.5) is 9.93 Å². The molecule has 0 fully saturated rings. The van der Waals surface area contributed by atoms with E-state index in [1.54, 1.807) is 0 Å². The third-order valence-electron chi connectivity index (χ3n) is 2.48. The summed E-state index contributed by atoms with van der Waals surface area (Å²) in [6, 6.07) is 0. The van der Waals surface area contributed by atoms with Gasteiger partial charge in [0.25, 0.3) is 0 Å². The van der Waals surface area contributed by atoms with Gasteiger partial charge in [0, 0.05) is 25.0 Å². The summed E-state index contributed by atoms with van der Waals surface area (Å²) in [7, 11) is 3.57. The van der Waals surface area contributed by atoms with Gasteiger partial charge in [-0.2, -0.15) is 0 Å². The molecule has 1 aliphatic heterocycles. The Morgan fingerprint density at radius 2 is 2.40 bits per heavy atom. The number of fused-ring (bicyclic) bond motifs is 1. The van der Waals surface area contributed by atoms with Crippen LogP contribution in [0, 0.1) is 0 Å². The van der Waals surface area contributed by atoms with Gasteiger partial charge in [-0.3, -0.25) is 4.90 Å². The Morgan fingerprint density at radius 3 is 3.07 bits per heavy atom. The van der Waals surface area contributed by atoms with Crippen LogP contribution >= 0.6 is 11.3 Å². The van der Waals surface area contributed by atoms with Crippen molar-refractivity contribution >= 4 is 22.6 Å². The SMILES string of the molecule is CN1CCc2sc(N(C)C(=O)O)nc2C1. The van der Waals surface area contributed by atoms with E-state index in [9.17, 15) is 4.79 Å². The lowest BCUT2D eigenvalue weighted by Crippen LogP contribution is -2.26.